The maximum Gasteiger partial charge on any atom is 0.335 e. The van der Waals surface area contributed by atoms with Gasteiger partial charge in [0.05, 0.1) is 5.56 Å². The van der Waals surface area contributed by atoms with E-state index in [1.165, 1.54) is 12.8 Å². The molecule has 0 amide bonds. The van der Waals surface area contributed by atoms with Gasteiger partial charge in [0, 0.05) is 11.6 Å². The standard InChI is InChI=1S/C14H15N3O2/c18-14(19)11-7-5-10(6-8-11)13-16-15-9-17(13)12-3-1-2-4-12/h5-9,12H,1-4H2,(H,18,19). The number of benzene rings is 1. The van der Waals surface area contributed by atoms with E-state index in [-0.39, 0.29) is 5.56 Å². The van der Waals surface area contributed by atoms with Crippen LogP contribution < -0.4 is 0 Å². The quantitative estimate of drug-likeness (QED) is 0.918. The monoisotopic (exact) mass is 257 g/mol. The number of carbonyl (C=O) groups is 1. The molecule has 1 aromatic carbocycles. The fourth-order valence-electron chi connectivity index (χ4n) is 2.66. The second-order valence-corrected chi connectivity index (χ2v) is 4.88. The first kappa shape index (κ1) is 11.9. The first-order valence-electron chi connectivity index (χ1n) is 6.49. The zero-order chi connectivity index (χ0) is 13.2. The van der Waals surface area contributed by atoms with E-state index in [4.69, 9.17) is 5.11 Å². The molecule has 0 aliphatic heterocycles. The van der Waals surface area contributed by atoms with Gasteiger partial charge in [-0.05, 0) is 25.0 Å². The van der Waals surface area contributed by atoms with E-state index in [2.05, 4.69) is 14.8 Å². The number of nitrogens with zero attached hydrogens (tertiary/aromatic N) is 3. The summed E-state index contributed by atoms with van der Waals surface area (Å²) in [6.45, 7) is 0. The second-order valence-electron chi connectivity index (χ2n) is 4.88. The lowest BCUT2D eigenvalue weighted by Crippen LogP contribution is -2.05. The van der Waals surface area contributed by atoms with Crippen LogP contribution in [-0.2, 0) is 0 Å². The van der Waals surface area contributed by atoms with Crippen molar-refractivity contribution in [2.75, 3.05) is 0 Å². The molecule has 1 fully saturated rings. The Bertz CT molecular complexity index is 583. The van der Waals surface area contributed by atoms with Gasteiger partial charge < -0.3 is 9.67 Å². The van der Waals surface area contributed by atoms with Crippen molar-refractivity contribution in [3.05, 3.63) is 36.2 Å². The van der Waals surface area contributed by atoms with E-state index < -0.39 is 5.97 Å². The third-order valence-corrected chi connectivity index (χ3v) is 3.68. The van der Waals surface area contributed by atoms with Crippen LogP contribution in [0, 0.1) is 0 Å². The third-order valence-electron chi connectivity index (χ3n) is 3.68. The Morgan fingerprint density at radius 3 is 2.53 bits per heavy atom. The molecule has 1 aromatic heterocycles. The summed E-state index contributed by atoms with van der Waals surface area (Å²) in [6, 6.07) is 7.26. The fraction of sp³-hybridized carbons (Fsp3) is 0.357. The molecule has 98 valence electrons. The van der Waals surface area contributed by atoms with Gasteiger partial charge in [-0.25, -0.2) is 4.79 Å². The van der Waals surface area contributed by atoms with Gasteiger partial charge in [0.25, 0.3) is 0 Å². The van der Waals surface area contributed by atoms with Crippen LogP contribution in [0.1, 0.15) is 42.1 Å². The molecular formula is C14H15N3O2. The average molecular weight is 257 g/mol. The average Bonchev–Trinajstić information content (AvgIpc) is 3.09. The topological polar surface area (TPSA) is 68.0 Å². The Morgan fingerprint density at radius 1 is 1.21 bits per heavy atom. The maximum absolute atomic E-state index is 10.8. The molecule has 0 atom stereocenters. The molecule has 1 aliphatic carbocycles. The van der Waals surface area contributed by atoms with Gasteiger partial charge in [-0.1, -0.05) is 25.0 Å². The summed E-state index contributed by atoms with van der Waals surface area (Å²) in [6.07, 6.45) is 6.60. The largest absolute Gasteiger partial charge is 0.478 e. The molecule has 5 heteroatoms. The Hall–Kier alpha value is -2.17. The number of carboxylic acid groups (broad SMARTS) is 1. The lowest BCUT2D eigenvalue weighted by atomic mass is 10.1. The van der Waals surface area contributed by atoms with Crippen LogP contribution in [0.25, 0.3) is 11.4 Å². The van der Waals surface area contributed by atoms with Crippen molar-refractivity contribution in [1.82, 2.24) is 14.8 Å². The zero-order valence-corrected chi connectivity index (χ0v) is 10.5. The highest BCUT2D eigenvalue weighted by Gasteiger charge is 2.20. The Labute approximate surface area is 110 Å². The minimum atomic E-state index is -0.913. The predicted octanol–water partition coefficient (Wildman–Crippen LogP) is 2.76. The van der Waals surface area contributed by atoms with Crippen LogP contribution >= 0.6 is 0 Å². The molecular weight excluding hydrogens is 242 g/mol. The van der Waals surface area contributed by atoms with E-state index in [0.717, 1.165) is 24.2 Å². The van der Waals surface area contributed by atoms with Crippen LogP contribution in [0.5, 0.6) is 0 Å². The second kappa shape index (κ2) is 4.84. The van der Waals surface area contributed by atoms with Crippen molar-refractivity contribution in [3.63, 3.8) is 0 Å². The molecule has 0 bridgehead atoms. The Kier molecular flexibility index (Phi) is 3.03. The molecule has 5 nitrogen and oxygen atoms in total. The fourth-order valence-corrected chi connectivity index (χ4v) is 2.66. The first-order valence-corrected chi connectivity index (χ1v) is 6.49. The molecule has 1 N–H and O–H groups in total. The molecule has 3 rings (SSSR count). The van der Waals surface area contributed by atoms with Crippen LogP contribution in [0.3, 0.4) is 0 Å². The highest BCUT2D eigenvalue weighted by atomic mass is 16.4. The van der Waals surface area contributed by atoms with Gasteiger partial charge in [0.1, 0.15) is 6.33 Å². The van der Waals surface area contributed by atoms with Crippen LogP contribution in [-0.4, -0.2) is 25.8 Å². The van der Waals surface area contributed by atoms with Crippen LogP contribution in [0.2, 0.25) is 0 Å². The molecule has 2 aromatic rings. The van der Waals surface area contributed by atoms with Crippen molar-refractivity contribution in [2.45, 2.75) is 31.7 Å². The number of hydrogen-bond acceptors (Lipinski definition) is 3. The molecule has 0 saturated heterocycles. The first-order chi connectivity index (χ1) is 9.25. The summed E-state index contributed by atoms with van der Waals surface area (Å²) in [5, 5.41) is 17.1. The highest BCUT2D eigenvalue weighted by Crippen LogP contribution is 2.32. The van der Waals surface area contributed by atoms with Crippen molar-refractivity contribution in [1.29, 1.82) is 0 Å². The summed E-state index contributed by atoms with van der Waals surface area (Å²) < 4.78 is 2.11. The normalized spacial score (nSPS) is 15.8. The number of carboxylic acids is 1. The summed E-state index contributed by atoms with van der Waals surface area (Å²) >= 11 is 0. The molecule has 1 aliphatic rings. The molecule has 1 heterocycles. The van der Waals surface area contributed by atoms with Gasteiger partial charge in [-0.15, -0.1) is 10.2 Å². The minimum absolute atomic E-state index is 0.288. The lowest BCUT2D eigenvalue weighted by Gasteiger charge is -2.13. The van der Waals surface area contributed by atoms with Crippen molar-refractivity contribution in [2.24, 2.45) is 0 Å². The van der Waals surface area contributed by atoms with Crippen molar-refractivity contribution < 1.29 is 9.90 Å². The lowest BCUT2D eigenvalue weighted by molar-refractivity contribution is 0.0697. The minimum Gasteiger partial charge on any atom is -0.478 e. The Balaban J connectivity index is 1.93. The summed E-state index contributed by atoms with van der Waals surface area (Å²) in [7, 11) is 0. The smallest absolute Gasteiger partial charge is 0.335 e. The van der Waals surface area contributed by atoms with Gasteiger partial charge >= 0.3 is 5.97 Å². The molecule has 0 spiro atoms. The predicted molar refractivity (Wildman–Crippen MR) is 69.9 cm³/mol. The van der Waals surface area contributed by atoms with Crippen molar-refractivity contribution >= 4 is 5.97 Å². The SMILES string of the molecule is O=C(O)c1ccc(-c2nncn2C2CCCC2)cc1. The molecule has 0 radical (unpaired) electrons. The zero-order valence-electron chi connectivity index (χ0n) is 10.5. The number of aromatic carboxylic acids is 1. The van der Waals surface area contributed by atoms with E-state index in [0.29, 0.717) is 6.04 Å². The van der Waals surface area contributed by atoms with Gasteiger partial charge in [-0.3, -0.25) is 0 Å². The third kappa shape index (κ3) is 2.23. The van der Waals surface area contributed by atoms with Gasteiger partial charge in [0.2, 0.25) is 0 Å². The van der Waals surface area contributed by atoms with E-state index in [1.807, 2.05) is 0 Å². The van der Waals surface area contributed by atoms with E-state index in [9.17, 15) is 4.79 Å². The number of hydrogen-bond donors (Lipinski definition) is 1. The van der Waals surface area contributed by atoms with Crippen molar-refractivity contribution in [3.8, 4) is 11.4 Å². The molecule has 19 heavy (non-hydrogen) atoms. The number of aromatic nitrogens is 3. The Morgan fingerprint density at radius 2 is 1.89 bits per heavy atom. The molecule has 0 unspecified atom stereocenters. The van der Waals surface area contributed by atoms with Crippen LogP contribution in [0.15, 0.2) is 30.6 Å². The summed E-state index contributed by atoms with van der Waals surface area (Å²) in [5.41, 5.74) is 1.20. The summed E-state index contributed by atoms with van der Waals surface area (Å²) in [5.74, 6) is -0.0901. The highest BCUT2D eigenvalue weighted by molar-refractivity contribution is 5.88. The van der Waals surface area contributed by atoms with E-state index >= 15 is 0 Å². The summed E-state index contributed by atoms with van der Waals surface area (Å²) in [4.78, 5) is 10.8. The molecule has 1 saturated carbocycles. The van der Waals surface area contributed by atoms with E-state index in [1.54, 1.807) is 30.6 Å². The number of rotatable bonds is 3. The maximum atomic E-state index is 10.8. The van der Waals surface area contributed by atoms with Crippen LogP contribution in [0.4, 0.5) is 0 Å². The van der Waals surface area contributed by atoms with Gasteiger partial charge in [-0.2, -0.15) is 0 Å². The van der Waals surface area contributed by atoms with Gasteiger partial charge in [0.15, 0.2) is 5.82 Å².